The minimum Gasteiger partial charge on any atom is -0.508 e. The quantitative estimate of drug-likeness (QED) is 0.223. The molecule has 10 heteroatoms. The summed E-state index contributed by atoms with van der Waals surface area (Å²) in [5, 5.41) is 12.8. The molecule has 43 heavy (non-hydrogen) atoms. The minimum atomic E-state index is -0.648. The van der Waals surface area contributed by atoms with Crippen LogP contribution in [0.4, 0.5) is 5.82 Å². The second kappa shape index (κ2) is 11.5. The van der Waals surface area contributed by atoms with Crippen molar-refractivity contribution in [3.63, 3.8) is 0 Å². The zero-order valence-corrected chi connectivity index (χ0v) is 23.1. The number of anilines is 1. The number of pyridine rings is 2. The third-order valence-electron chi connectivity index (χ3n) is 6.90. The molecule has 6 aromatic rings. The molecule has 0 saturated heterocycles. The number of imidazole rings is 1. The molecule has 0 radical (unpaired) electrons. The van der Waals surface area contributed by atoms with Crippen molar-refractivity contribution >= 4 is 28.9 Å². The number of carbonyl (C=O) groups is 2. The fraction of sp³-hybridized carbons (Fsp3) is 0.0606. The van der Waals surface area contributed by atoms with E-state index in [1.807, 2.05) is 83.4 Å². The van der Waals surface area contributed by atoms with Gasteiger partial charge in [0.25, 0.3) is 5.91 Å². The highest BCUT2D eigenvalue weighted by atomic mass is 16.5. The van der Waals surface area contributed by atoms with Crippen LogP contribution in [0, 0.1) is 0 Å². The smallest absolute Gasteiger partial charge is 0.338 e. The van der Waals surface area contributed by atoms with Crippen molar-refractivity contribution in [1.29, 1.82) is 0 Å². The summed E-state index contributed by atoms with van der Waals surface area (Å²) >= 11 is 0. The third-order valence-corrected chi connectivity index (χ3v) is 6.90. The number of nitrogens with one attached hydrogen (secondary N) is 1. The van der Waals surface area contributed by atoms with E-state index in [0.717, 1.165) is 22.5 Å². The number of nitrogens with two attached hydrogens (primary N) is 1. The Kier molecular flexibility index (Phi) is 7.23. The number of aromatic nitrogens is 4. The molecule has 3 aromatic carbocycles. The molecule has 0 saturated carbocycles. The number of amides is 1. The van der Waals surface area contributed by atoms with Gasteiger partial charge in [-0.2, -0.15) is 0 Å². The average Bonchev–Trinajstić information content (AvgIpc) is 3.42. The summed E-state index contributed by atoms with van der Waals surface area (Å²) in [4.78, 5) is 38.8. The number of benzene rings is 3. The normalized spacial score (nSPS) is 10.9. The number of phenols is 1. The summed E-state index contributed by atoms with van der Waals surface area (Å²) in [6, 6.07) is 29.0. The van der Waals surface area contributed by atoms with Gasteiger partial charge in [-0.1, -0.05) is 42.5 Å². The molecule has 212 valence electrons. The van der Waals surface area contributed by atoms with Crippen LogP contribution < -0.4 is 11.1 Å². The molecule has 0 aliphatic rings. The standard InChI is InChI=1S/C33H26N6O4/c1-43-33(42)23-16-22(17-25(40)18-23)32(41)36-19-20-9-11-24(12-10-20)39-30(26-8-5-15-35-29(26)34)38-28-14-13-27(37-31(28)39)21-6-3-2-4-7-21/h2-18,40H,19H2,1H3,(H2,34,35)(H,36,41). The minimum absolute atomic E-state index is 0.0821. The lowest BCUT2D eigenvalue weighted by atomic mass is 10.1. The first-order valence-corrected chi connectivity index (χ1v) is 13.4. The zero-order chi connectivity index (χ0) is 29.9. The SMILES string of the molecule is COC(=O)c1cc(O)cc(C(=O)NCc2ccc(-n3c(-c4cccnc4N)nc4ccc(-c5ccccc5)nc43)cc2)c1. The van der Waals surface area contributed by atoms with E-state index in [-0.39, 0.29) is 23.4 Å². The lowest BCUT2D eigenvalue weighted by Gasteiger charge is -2.12. The maximum atomic E-state index is 12.8. The Morgan fingerprint density at radius 1 is 0.907 bits per heavy atom. The molecule has 6 rings (SSSR count). The number of phenolic OH excluding ortho intramolecular Hbond substituents is 1. The molecular formula is C33H26N6O4. The second-order valence-electron chi connectivity index (χ2n) is 9.72. The molecule has 10 nitrogen and oxygen atoms in total. The van der Waals surface area contributed by atoms with Crippen LogP contribution >= 0.6 is 0 Å². The van der Waals surface area contributed by atoms with Gasteiger partial charge in [0.05, 0.1) is 23.9 Å². The molecule has 0 aliphatic carbocycles. The average molecular weight is 571 g/mol. The van der Waals surface area contributed by atoms with Gasteiger partial charge in [-0.15, -0.1) is 0 Å². The van der Waals surface area contributed by atoms with Crippen molar-refractivity contribution in [3.8, 4) is 34.1 Å². The number of rotatable bonds is 7. The number of fused-ring (bicyclic) bond motifs is 1. The predicted octanol–water partition coefficient (Wildman–Crippen LogP) is 5.15. The summed E-state index contributed by atoms with van der Waals surface area (Å²) < 4.78 is 6.64. The number of aromatic hydroxyl groups is 1. The molecule has 3 aromatic heterocycles. The number of nitrogens with zero attached hydrogens (tertiary/aromatic N) is 4. The van der Waals surface area contributed by atoms with Crippen molar-refractivity contribution < 1.29 is 19.4 Å². The summed E-state index contributed by atoms with van der Waals surface area (Å²) in [6.45, 7) is 0.214. The molecule has 0 spiro atoms. The maximum Gasteiger partial charge on any atom is 0.338 e. The number of methoxy groups -OCH3 is 1. The van der Waals surface area contributed by atoms with E-state index < -0.39 is 11.9 Å². The van der Waals surface area contributed by atoms with Gasteiger partial charge in [0.1, 0.15) is 17.1 Å². The fourth-order valence-electron chi connectivity index (χ4n) is 4.78. The van der Waals surface area contributed by atoms with Gasteiger partial charge in [-0.25, -0.2) is 19.7 Å². The van der Waals surface area contributed by atoms with Gasteiger partial charge in [-0.3, -0.25) is 9.36 Å². The van der Waals surface area contributed by atoms with E-state index in [1.54, 1.807) is 6.20 Å². The molecule has 0 bridgehead atoms. The largest absolute Gasteiger partial charge is 0.508 e. The van der Waals surface area contributed by atoms with Crippen molar-refractivity contribution in [1.82, 2.24) is 24.8 Å². The van der Waals surface area contributed by atoms with Crippen LogP contribution in [0.1, 0.15) is 26.3 Å². The third kappa shape index (κ3) is 5.49. The Morgan fingerprint density at radius 2 is 1.67 bits per heavy atom. The van der Waals surface area contributed by atoms with Crippen molar-refractivity contribution in [2.45, 2.75) is 6.54 Å². The summed E-state index contributed by atoms with van der Waals surface area (Å²) in [5.74, 6) is -0.351. The first-order valence-electron chi connectivity index (χ1n) is 13.4. The zero-order valence-electron chi connectivity index (χ0n) is 23.1. The van der Waals surface area contributed by atoms with Crippen LogP contribution in [-0.2, 0) is 11.3 Å². The van der Waals surface area contributed by atoms with Gasteiger partial charge in [0, 0.05) is 29.6 Å². The van der Waals surface area contributed by atoms with Crippen LogP contribution in [0.25, 0.3) is 39.5 Å². The van der Waals surface area contributed by atoms with Crippen LogP contribution in [0.2, 0.25) is 0 Å². The van der Waals surface area contributed by atoms with E-state index >= 15 is 0 Å². The van der Waals surface area contributed by atoms with Gasteiger partial charge < -0.3 is 20.9 Å². The molecule has 0 atom stereocenters. The first kappa shape index (κ1) is 27.2. The van der Waals surface area contributed by atoms with Gasteiger partial charge in [0.2, 0.25) is 0 Å². The van der Waals surface area contributed by atoms with E-state index in [1.165, 1.54) is 25.3 Å². The predicted molar refractivity (Wildman–Crippen MR) is 163 cm³/mol. The number of carbonyl (C=O) groups excluding carboxylic acids is 2. The van der Waals surface area contributed by atoms with Crippen LogP contribution in [-0.4, -0.2) is 43.6 Å². The van der Waals surface area contributed by atoms with E-state index in [4.69, 9.17) is 20.4 Å². The number of hydrogen-bond donors (Lipinski definition) is 3. The number of ether oxygens (including phenoxy) is 1. The highest BCUT2D eigenvalue weighted by Gasteiger charge is 2.19. The highest BCUT2D eigenvalue weighted by molar-refractivity contribution is 5.98. The van der Waals surface area contributed by atoms with Gasteiger partial charge >= 0.3 is 5.97 Å². The Labute approximate surface area is 246 Å². The number of hydrogen-bond acceptors (Lipinski definition) is 8. The molecule has 4 N–H and O–H groups in total. The van der Waals surface area contributed by atoms with E-state index in [9.17, 15) is 14.7 Å². The van der Waals surface area contributed by atoms with Crippen molar-refractivity contribution in [2.24, 2.45) is 0 Å². The summed E-state index contributed by atoms with van der Waals surface area (Å²) in [5.41, 5.74) is 11.9. The number of nitrogen functional groups attached to an aromatic ring is 1. The van der Waals surface area contributed by atoms with E-state index in [2.05, 4.69) is 10.3 Å². The van der Waals surface area contributed by atoms with Crippen molar-refractivity contribution in [2.75, 3.05) is 12.8 Å². The summed E-state index contributed by atoms with van der Waals surface area (Å²) in [6.07, 6.45) is 1.63. The number of esters is 1. The Balaban J connectivity index is 1.33. The maximum absolute atomic E-state index is 12.8. The fourth-order valence-corrected chi connectivity index (χ4v) is 4.78. The summed E-state index contributed by atoms with van der Waals surface area (Å²) in [7, 11) is 1.23. The van der Waals surface area contributed by atoms with Gasteiger partial charge in [0.15, 0.2) is 11.5 Å². The highest BCUT2D eigenvalue weighted by Crippen LogP contribution is 2.31. The molecule has 1 amide bonds. The molecule has 0 fully saturated rings. The molecule has 0 unspecified atom stereocenters. The lowest BCUT2D eigenvalue weighted by molar-refractivity contribution is 0.0600. The van der Waals surface area contributed by atoms with Gasteiger partial charge in [-0.05, 0) is 60.2 Å². The first-order chi connectivity index (χ1) is 20.9. The molecule has 3 heterocycles. The topological polar surface area (TPSA) is 145 Å². The Bertz CT molecular complexity index is 1970. The van der Waals surface area contributed by atoms with Crippen LogP contribution in [0.3, 0.4) is 0 Å². The molecule has 0 aliphatic heterocycles. The lowest BCUT2D eigenvalue weighted by Crippen LogP contribution is -2.23. The molecular weight excluding hydrogens is 544 g/mol. The second-order valence-corrected chi connectivity index (χ2v) is 9.72. The Hall–Kier alpha value is -6.03. The van der Waals surface area contributed by atoms with Crippen LogP contribution in [0.15, 0.2) is 103 Å². The van der Waals surface area contributed by atoms with Crippen LogP contribution in [0.5, 0.6) is 5.75 Å². The van der Waals surface area contributed by atoms with E-state index in [0.29, 0.717) is 28.4 Å². The monoisotopic (exact) mass is 570 g/mol. The van der Waals surface area contributed by atoms with Crippen molar-refractivity contribution in [3.05, 3.63) is 120 Å². The Morgan fingerprint density at radius 3 is 2.42 bits per heavy atom.